The van der Waals surface area contributed by atoms with Gasteiger partial charge in [0.1, 0.15) is 0 Å². The summed E-state index contributed by atoms with van der Waals surface area (Å²) in [5, 5.41) is 6.73. The van der Waals surface area contributed by atoms with Gasteiger partial charge in [-0.25, -0.2) is 0 Å². The van der Waals surface area contributed by atoms with Crippen molar-refractivity contribution >= 4 is 0 Å². The summed E-state index contributed by atoms with van der Waals surface area (Å²) < 4.78 is 0. The zero-order chi connectivity index (χ0) is 13.3. The summed E-state index contributed by atoms with van der Waals surface area (Å²) in [4.78, 5) is 0. The molecule has 0 aromatic heterocycles. The Morgan fingerprint density at radius 3 is 1.38 bits per heavy atom. The molecule has 0 heterocycles. The molecule has 0 aliphatic carbocycles. The molecule has 0 fully saturated rings. The number of halogens is 3. The average Bonchev–Trinajstić information content (AvgIpc) is 2.39. The summed E-state index contributed by atoms with van der Waals surface area (Å²) in [5.41, 5.74) is 5.46. The summed E-state index contributed by atoms with van der Waals surface area (Å²) in [6.07, 6.45) is 13.4. The van der Waals surface area contributed by atoms with Crippen LogP contribution < -0.4 is 16.4 Å². The van der Waals surface area contributed by atoms with Crippen LogP contribution in [0.5, 0.6) is 0 Å². The molecule has 21 heavy (non-hydrogen) atoms. The van der Waals surface area contributed by atoms with Gasteiger partial charge in [-0.05, 0) is 58.9 Å². The minimum absolute atomic E-state index is 0. The van der Waals surface area contributed by atoms with E-state index in [1.54, 1.807) is 0 Å². The van der Waals surface area contributed by atoms with E-state index in [-0.39, 0.29) is 14.1 Å². The fourth-order valence-electron chi connectivity index (χ4n) is 2.13. The van der Waals surface area contributed by atoms with E-state index in [0.717, 1.165) is 6.54 Å². The first-order chi connectivity index (χ1) is 8.91. The van der Waals surface area contributed by atoms with Gasteiger partial charge in [0.2, 0.25) is 0 Å². The molecule has 0 aliphatic heterocycles. The topological polar surface area (TPSA) is 50.1 Å². The van der Waals surface area contributed by atoms with E-state index in [2.05, 4.69) is 10.6 Å². The summed E-state index contributed by atoms with van der Waals surface area (Å²) in [7, 11) is 2.03. The molecule has 0 atom stereocenters. The monoisotopic (exact) mass is 317 g/mol. The first kappa shape index (κ1) is 28.8. The second kappa shape index (κ2) is 27.9. The Labute approximate surface area is 128 Å². The third-order valence-corrected chi connectivity index (χ3v) is 3.34. The van der Waals surface area contributed by atoms with Crippen LogP contribution in [0.4, 0.5) is 14.1 Å². The van der Waals surface area contributed by atoms with Crippen molar-refractivity contribution in [3.8, 4) is 0 Å². The Hall–Kier alpha value is -0.330. The van der Waals surface area contributed by atoms with Crippen molar-refractivity contribution in [3.05, 3.63) is 0 Å². The molecule has 134 valence electrons. The van der Waals surface area contributed by atoms with Crippen LogP contribution in [0.2, 0.25) is 0 Å². The highest BCUT2D eigenvalue weighted by Crippen LogP contribution is 2.02. The lowest BCUT2D eigenvalue weighted by molar-refractivity contribution is 0.544. The van der Waals surface area contributed by atoms with Gasteiger partial charge in [-0.1, -0.05) is 38.5 Å². The van der Waals surface area contributed by atoms with E-state index in [1.165, 1.54) is 83.8 Å². The van der Waals surface area contributed by atoms with Crippen LogP contribution >= 0.6 is 0 Å². The van der Waals surface area contributed by atoms with Gasteiger partial charge < -0.3 is 16.4 Å². The molecule has 0 saturated carbocycles. The lowest BCUT2D eigenvalue weighted by atomic mass is 10.1. The van der Waals surface area contributed by atoms with E-state index >= 15 is 0 Å². The van der Waals surface area contributed by atoms with E-state index < -0.39 is 0 Å². The molecule has 0 rings (SSSR count). The molecular weight excluding hydrogens is 279 g/mol. The van der Waals surface area contributed by atoms with Crippen molar-refractivity contribution in [1.82, 2.24) is 10.6 Å². The first-order valence-corrected chi connectivity index (χ1v) is 7.97. The van der Waals surface area contributed by atoms with Gasteiger partial charge in [-0.15, -0.1) is 0 Å². The smallest absolute Gasteiger partial charge is 0.00489 e. The molecule has 3 nitrogen and oxygen atoms in total. The second-order valence-electron chi connectivity index (χ2n) is 5.18. The molecule has 0 unspecified atom stereocenters. The van der Waals surface area contributed by atoms with Crippen molar-refractivity contribution in [3.63, 3.8) is 0 Å². The van der Waals surface area contributed by atoms with Gasteiger partial charge in [0.15, 0.2) is 0 Å². The van der Waals surface area contributed by atoms with Crippen molar-refractivity contribution in [2.45, 2.75) is 64.2 Å². The quantitative estimate of drug-likeness (QED) is 0.407. The molecule has 0 aliphatic rings. The summed E-state index contributed by atoms with van der Waals surface area (Å²) >= 11 is 0. The highest BCUT2D eigenvalue weighted by molar-refractivity contribution is 4.52. The molecule has 0 bridgehead atoms. The largest absolute Gasteiger partial charge is 0.330 e. The van der Waals surface area contributed by atoms with Crippen LogP contribution in [0.15, 0.2) is 0 Å². The van der Waals surface area contributed by atoms with Crippen LogP contribution in [0.25, 0.3) is 0 Å². The van der Waals surface area contributed by atoms with E-state index in [0.29, 0.717) is 0 Å². The van der Waals surface area contributed by atoms with Gasteiger partial charge >= 0.3 is 0 Å². The number of nitrogens with one attached hydrogen (secondary N) is 2. The highest BCUT2D eigenvalue weighted by Gasteiger charge is 1.92. The lowest BCUT2D eigenvalue weighted by Crippen LogP contribution is -2.16. The third-order valence-electron chi connectivity index (χ3n) is 3.34. The Kier molecular flexibility index (Phi) is 38.3. The van der Waals surface area contributed by atoms with Crippen LogP contribution in [0.1, 0.15) is 64.2 Å². The fourth-order valence-corrected chi connectivity index (χ4v) is 2.13. The molecule has 4 N–H and O–H groups in total. The van der Waals surface area contributed by atoms with Crippen LogP contribution in [0.3, 0.4) is 0 Å². The normalized spacial score (nSPS) is 9.43. The van der Waals surface area contributed by atoms with E-state index in [1.807, 2.05) is 7.05 Å². The molecule has 0 spiro atoms. The van der Waals surface area contributed by atoms with Crippen molar-refractivity contribution in [1.29, 1.82) is 0 Å². The van der Waals surface area contributed by atoms with Gasteiger partial charge in [-0.3, -0.25) is 14.1 Å². The van der Waals surface area contributed by atoms with Gasteiger partial charge in [0, 0.05) is 0 Å². The minimum Gasteiger partial charge on any atom is -0.330 e. The maximum absolute atomic E-state index is 5.46. The van der Waals surface area contributed by atoms with Crippen molar-refractivity contribution < 1.29 is 14.1 Å². The minimum atomic E-state index is 0. The van der Waals surface area contributed by atoms with E-state index in [4.69, 9.17) is 5.73 Å². The first-order valence-electron chi connectivity index (χ1n) is 7.97. The number of nitrogens with two attached hydrogens (primary N) is 1. The predicted molar refractivity (Wildman–Crippen MR) is 89.5 cm³/mol. The SMILES string of the molecule is CNCCCCCCCNCCCCCCCN.F.F.F. The predicted octanol–water partition coefficient (Wildman–Crippen LogP) is 3.11. The Morgan fingerprint density at radius 2 is 0.952 bits per heavy atom. The molecule has 6 heteroatoms. The lowest BCUT2D eigenvalue weighted by Gasteiger charge is -2.05. The Bertz CT molecular complexity index is 136. The maximum Gasteiger partial charge on any atom is -0.00489 e. The number of hydrogen-bond donors (Lipinski definition) is 3. The van der Waals surface area contributed by atoms with Gasteiger partial charge in [0.25, 0.3) is 0 Å². The van der Waals surface area contributed by atoms with Gasteiger partial charge in [-0.2, -0.15) is 0 Å². The second-order valence-corrected chi connectivity index (χ2v) is 5.18. The zero-order valence-corrected chi connectivity index (χ0v) is 13.7. The fraction of sp³-hybridized carbons (Fsp3) is 1.00. The molecule has 0 aromatic carbocycles. The third kappa shape index (κ3) is 28.5. The van der Waals surface area contributed by atoms with Gasteiger partial charge in [0.05, 0.1) is 0 Å². The Balaban J connectivity index is -0.000000482. The summed E-state index contributed by atoms with van der Waals surface area (Å²) in [6, 6.07) is 0. The molecular formula is C15H38F3N3. The molecule has 0 aromatic rings. The zero-order valence-electron chi connectivity index (χ0n) is 13.7. The van der Waals surface area contributed by atoms with Crippen LogP contribution in [0, 0.1) is 0 Å². The van der Waals surface area contributed by atoms with Crippen LogP contribution in [-0.4, -0.2) is 33.2 Å². The average molecular weight is 317 g/mol. The molecule has 0 radical (unpaired) electrons. The molecule has 0 amide bonds. The Morgan fingerprint density at radius 1 is 0.571 bits per heavy atom. The van der Waals surface area contributed by atoms with Crippen LogP contribution in [-0.2, 0) is 0 Å². The maximum atomic E-state index is 5.46. The van der Waals surface area contributed by atoms with E-state index in [9.17, 15) is 0 Å². The molecule has 0 saturated heterocycles. The summed E-state index contributed by atoms with van der Waals surface area (Å²) in [5.74, 6) is 0. The summed E-state index contributed by atoms with van der Waals surface area (Å²) in [6.45, 7) is 4.42. The highest BCUT2D eigenvalue weighted by atomic mass is 19.0. The number of hydrogen-bond acceptors (Lipinski definition) is 3. The number of rotatable bonds is 15. The van der Waals surface area contributed by atoms with Crippen molar-refractivity contribution in [2.24, 2.45) is 5.73 Å². The van der Waals surface area contributed by atoms with Crippen molar-refractivity contribution in [2.75, 3.05) is 33.2 Å². The number of unbranched alkanes of at least 4 members (excludes halogenated alkanes) is 8. The standard InChI is InChI=1S/C15H35N3.3FH/c1-17-13-9-5-3-7-11-15-18-14-10-6-2-4-8-12-16;;;/h17-18H,2-16H2,1H3;3*1H.